The number of anilines is 1. The average molecular weight is 363 g/mol. The number of hydrogen-bond acceptors (Lipinski definition) is 2. The third-order valence-corrected chi connectivity index (χ3v) is 4.50. The van der Waals surface area contributed by atoms with E-state index in [1.54, 1.807) is 0 Å². The fraction of sp³-hybridized carbons (Fsp3) is 0.400. The Labute approximate surface area is 165 Å². The van der Waals surface area contributed by atoms with Gasteiger partial charge in [0.1, 0.15) is 0 Å². The molecule has 27 heavy (non-hydrogen) atoms. The van der Waals surface area contributed by atoms with Gasteiger partial charge in [-0.2, -0.15) is 0 Å². The van der Waals surface area contributed by atoms with Gasteiger partial charge in [-0.3, -0.25) is 4.99 Å². The van der Waals surface area contributed by atoms with Crippen molar-refractivity contribution in [1.29, 1.82) is 0 Å². The average Bonchev–Trinajstić information content (AvgIpc) is 2.53. The number of allylic oxidation sites excluding steroid dienone is 2. The van der Waals surface area contributed by atoms with Crippen LogP contribution in [0.3, 0.4) is 0 Å². The molecule has 1 N–H and O–H groups in total. The Kier molecular flexibility index (Phi) is 6.30. The van der Waals surface area contributed by atoms with E-state index in [9.17, 15) is 0 Å². The van der Waals surface area contributed by atoms with Crippen molar-refractivity contribution in [3.05, 3.63) is 71.4 Å². The normalized spacial score (nSPS) is 13.6. The minimum atomic E-state index is 0.0725. The third-order valence-electron chi connectivity index (χ3n) is 4.50. The molecule has 0 heterocycles. The number of para-hydroxylation sites is 2. The molecule has 0 radical (unpaired) electrons. The number of rotatable bonds is 4. The van der Waals surface area contributed by atoms with Gasteiger partial charge in [-0.25, -0.2) is 0 Å². The van der Waals surface area contributed by atoms with Crippen LogP contribution >= 0.6 is 0 Å². The van der Waals surface area contributed by atoms with Gasteiger partial charge in [0.25, 0.3) is 0 Å². The summed E-state index contributed by atoms with van der Waals surface area (Å²) in [6.45, 7) is 17.5. The van der Waals surface area contributed by atoms with Crippen LogP contribution in [0.15, 0.2) is 65.3 Å². The van der Waals surface area contributed by atoms with E-state index in [0.717, 1.165) is 22.8 Å². The van der Waals surface area contributed by atoms with Gasteiger partial charge in [0, 0.05) is 17.1 Å². The standard InChI is InChI=1S/C25H34N2/c1-18(26-22-15-11-9-13-20(22)24(3,4)5)17-19(2)27-23-16-12-10-14-21(23)25(6,7)8/h9-17,26H,1-8H3/b18-17-,27-19?. The maximum absolute atomic E-state index is 4.88. The molecule has 0 aromatic heterocycles. The molecule has 2 aromatic rings. The van der Waals surface area contributed by atoms with Crippen LogP contribution < -0.4 is 5.32 Å². The second-order valence-corrected chi connectivity index (χ2v) is 9.27. The van der Waals surface area contributed by atoms with Crippen molar-refractivity contribution in [2.75, 3.05) is 5.32 Å². The SMILES string of the molecule is CC(/C=C(/C)Nc1ccccc1C(C)(C)C)=Nc1ccccc1C(C)(C)C. The minimum absolute atomic E-state index is 0.0725. The van der Waals surface area contributed by atoms with Crippen molar-refractivity contribution in [2.45, 2.75) is 66.2 Å². The molecule has 0 fully saturated rings. The van der Waals surface area contributed by atoms with Crippen LogP contribution in [0, 0.1) is 0 Å². The van der Waals surface area contributed by atoms with Gasteiger partial charge >= 0.3 is 0 Å². The van der Waals surface area contributed by atoms with E-state index in [1.807, 2.05) is 0 Å². The van der Waals surface area contributed by atoms with E-state index in [0.29, 0.717) is 0 Å². The van der Waals surface area contributed by atoms with Crippen LogP contribution in [-0.4, -0.2) is 5.71 Å². The molecule has 2 heteroatoms. The Bertz CT molecular complexity index is 843. The molecule has 0 aliphatic carbocycles. The Hall–Kier alpha value is -2.35. The fourth-order valence-electron chi connectivity index (χ4n) is 3.24. The molecule has 0 spiro atoms. The Balaban J connectivity index is 2.29. The van der Waals surface area contributed by atoms with Gasteiger partial charge in [-0.05, 0) is 54.0 Å². The summed E-state index contributed by atoms with van der Waals surface area (Å²) >= 11 is 0. The first-order valence-electron chi connectivity index (χ1n) is 9.68. The summed E-state index contributed by atoms with van der Waals surface area (Å²) < 4.78 is 0. The molecule has 2 nitrogen and oxygen atoms in total. The van der Waals surface area contributed by atoms with Crippen molar-refractivity contribution in [1.82, 2.24) is 0 Å². The van der Waals surface area contributed by atoms with Gasteiger partial charge < -0.3 is 5.32 Å². The largest absolute Gasteiger partial charge is 0.359 e. The van der Waals surface area contributed by atoms with Crippen molar-refractivity contribution < 1.29 is 0 Å². The van der Waals surface area contributed by atoms with Gasteiger partial charge in [0.15, 0.2) is 0 Å². The van der Waals surface area contributed by atoms with Crippen LogP contribution in [0.25, 0.3) is 0 Å². The minimum Gasteiger partial charge on any atom is -0.359 e. The van der Waals surface area contributed by atoms with E-state index in [1.165, 1.54) is 11.1 Å². The highest BCUT2D eigenvalue weighted by atomic mass is 14.9. The summed E-state index contributed by atoms with van der Waals surface area (Å²) in [6.07, 6.45) is 2.11. The summed E-state index contributed by atoms with van der Waals surface area (Å²) in [6, 6.07) is 16.9. The first-order chi connectivity index (χ1) is 12.5. The second kappa shape index (κ2) is 8.12. The highest BCUT2D eigenvalue weighted by molar-refractivity contribution is 5.95. The highest BCUT2D eigenvalue weighted by Crippen LogP contribution is 2.32. The molecule has 0 unspecified atom stereocenters. The first-order valence-corrected chi connectivity index (χ1v) is 9.68. The maximum atomic E-state index is 4.88. The van der Waals surface area contributed by atoms with Crippen molar-refractivity contribution in [2.24, 2.45) is 4.99 Å². The Morgan fingerprint density at radius 1 is 0.778 bits per heavy atom. The van der Waals surface area contributed by atoms with E-state index >= 15 is 0 Å². The zero-order valence-electron chi connectivity index (χ0n) is 18.1. The third kappa shape index (κ3) is 5.82. The predicted molar refractivity (Wildman–Crippen MR) is 120 cm³/mol. The monoisotopic (exact) mass is 362 g/mol. The lowest BCUT2D eigenvalue weighted by molar-refractivity contribution is 0.591. The van der Waals surface area contributed by atoms with Crippen LogP contribution in [-0.2, 0) is 10.8 Å². The lowest BCUT2D eigenvalue weighted by Crippen LogP contribution is -2.14. The summed E-state index contributed by atoms with van der Waals surface area (Å²) in [5.74, 6) is 0. The molecule has 2 aromatic carbocycles. The van der Waals surface area contributed by atoms with Crippen LogP contribution in [0.5, 0.6) is 0 Å². The topological polar surface area (TPSA) is 24.4 Å². The van der Waals surface area contributed by atoms with Crippen LogP contribution in [0.2, 0.25) is 0 Å². The molecule has 2 rings (SSSR count). The first kappa shape index (κ1) is 21.0. The van der Waals surface area contributed by atoms with Gasteiger partial charge in [-0.1, -0.05) is 77.9 Å². The molecule has 0 saturated heterocycles. The molecule has 144 valence electrons. The second-order valence-electron chi connectivity index (χ2n) is 9.27. The maximum Gasteiger partial charge on any atom is 0.0670 e. The smallest absolute Gasteiger partial charge is 0.0670 e. The van der Waals surface area contributed by atoms with E-state index in [-0.39, 0.29) is 10.8 Å². The van der Waals surface area contributed by atoms with E-state index in [4.69, 9.17) is 4.99 Å². The molecule has 0 atom stereocenters. The van der Waals surface area contributed by atoms with Gasteiger partial charge in [-0.15, -0.1) is 0 Å². The lowest BCUT2D eigenvalue weighted by atomic mass is 9.86. The fourth-order valence-corrected chi connectivity index (χ4v) is 3.24. The predicted octanol–water partition coefficient (Wildman–Crippen LogP) is 7.39. The van der Waals surface area contributed by atoms with Crippen LogP contribution in [0.1, 0.15) is 66.5 Å². The molecule has 0 aliphatic rings. The number of aliphatic imine (C=N–C) groups is 1. The summed E-state index contributed by atoms with van der Waals surface area (Å²) in [7, 11) is 0. The summed E-state index contributed by atoms with van der Waals surface area (Å²) in [5, 5.41) is 3.56. The molecule has 0 aliphatic heterocycles. The summed E-state index contributed by atoms with van der Waals surface area (Å²) in [4.78, 5) is 4.88. The van der Waals surface area contributed by atoms with Crippen molar-refractivity contribution >= 4 is 17.1 Å². The van der Waals surface area contributed by atoms with E-state index < -0.39 is 0 Å². The zero-order valence-corrected chi connectivity index (χ0v) is 18.1. The Morgan fingerprint density at radius 3 is 1.89 bits per heavy atom. The number of nitrogens with one attached hydrogen (secondary N) is 1. The number of hydrogen-bond donors (Lipinski definition) is 1. The van der Waals surface area contributed by atoms with Crippen molar-refractivity contribution in [3.8, 4) is 0 Å². The molecular formula is C25H34N2. The van der Waals surface area contributed by atoms with Gasteiger partial charge in [0.2, 0.25) is 0 Å². The van der Waals surface area contributed by atoms with Crippen molar-refractivity contribution in [3.63, 3.8) is 0 Å². The number of nitrogens with zero attached hydrogens (tertiary/aromatic N) is 1. The lowest BCUT2D eigenvalue weighted by Gasteiger charge is -2.23. The van der Waals surface area contributed by atoms with E-state index in [2.05, 4.69) is 115 Å². The molecule has 0 saturated carbocycles. The number of benzene rings is 2. The van der Waals surface area contributed by atoms with Crippen LogP contribution in [0.4, 0.5) is 11.4 Å². The zero-order chi connectivity index (χ0) is 20.2. The summed E-state index contributed by atoms with van der Waals surface area (Å²) in [5.41, 5.74) is 7.02. The molecule has 0 bridgehead atoms. The Morgan fingerprint density at radius 2 is 1.30 bits per heavy atom. The quantitative estimate of drug-likeness (QED) is 0.563. The van der Waals surface area contributed by atoms with Gasteiger partial charge in [0.05, 0.1) is 5.69 Å². The molecular weight excluding hydrogens is 328 g/mol. The molecule has 0 amide bonds. The highest BCUT2D eigenvalue weighted by Gasteiger charge is 2.18.